The van der Waals surface area contributed by atoms with Crippen LogP contribution in [-0.4, -0.2) is 5.16 Å². The van der Waals surface area contributed by atoms with E-state index in [0.29, 0.717) is 5.92 Å². The maximum absolute atomic E-state index is 5.22. The summed E-state index contributed by atoms with van der Waals surface area (Å²) in [6.07, 6.45) is 2.54. The Hall–Kier alpha value is -1.51. The number of furan rings is 1. The summed E-state index contributed by atoms with van der Waals surface area (Å²) in [5.74, 6) is 2.24. The van der Waals surface area contributed by atoms with Crippen LogP contribution in [0.5, 0.6) is 0 Å². The molecule has 0 N–H and O–H groups in total. The molecule has 0 bridgehead atoms. The highest BCUT2D eigenvalue weighted by Crippen LogP contribution is 2.20. The van der Waals surface area contributed by atoms with E-state index in [9.17, 15) is 0 Å². The largest absolute Gasteiger partial charge is 0.463 e. The lowest BCUT2D eigenvalue weighted by Gasteiger charge is -1.96. The molecule has 0 unspecified atom stereocenters. The number of nitrogens with zero attached hydrogens (tertiary/aromatic N) is 1. The number of rotatable bonds is 3. The molecule has 0 spiro atoms. The van der Waals surface area contributed by atoms with Gasteiger partial charge in [-0.1, -0.05) is 19.0 Å². The first-order valence-corrected chi connectivity index (χ1v) is 4.75. The van der Waals surface area contributed by atoms with Gasteiger partial charge >= 0.3 is 0 Å². The van der Waals surface area contributed by atoms with E-state index in [0.717, 1.165) is 23.6 Å². The molecule has 0 aliphatic heterocycles. The van der Waals surface area contributed by atoms with Crippen molar-refractivity contribution in [2.45, 2.75) is 20.3 Å². The summed E-state index contributed by atoms with van der Waals surface area (Å²) in [7, 11) is 0. The van der Waals surface area contributed by atoms with E-state index in [1.54, 1.807) is 6.26 Å². The van der Waals surface area contributed by atoms with E-state index in [1.165, 1.54) is 0 Å². The molecule has 0 atom stereocenters. The van der Waals surface area contributed by atoms with Gasteiger partial charge in [0.25, 0.3) is 0 Å². The Morgan fingerprint density at radius 1 is 1.43 bits per heavy atom. The molecule has 0 radical (unpaired) electrons. The molecule has 0 aliphatic rings. The first-order valence-electron chi connectivity index (χ1n) is 4.75. The maximum atomic E-state index is 5.22. The molecule has 0 aliphatic carbocycles. The lowest BCUT2D eigenvalue weighted by atomic mass is 10.1. The molecule has 14 heavy (non-hydrogen) atoms. The second-order valence-electron chi connectivity index (χ2n) is 3.75. The lowest BCUT2D eigenvalue weighted by Crippen LogP contribution is -1.90. The average molecular weight is 191 g/mol. The number of aromatic nitrogens is 1. The first kappa shape index (κ1) is 9.06. The molecule has 2 heterocycles. The van der Waals surface area contributed by atoms with Gasteiger partial charge in [0.15, 0.2) is 5.76 Å². The Bertz CT molecular complexity index is 387. The highest BCUT2D eigenvalue weighted by molar-refractivity contribution is 5.50. The summed E-state index contributed by atoms with van der Waals surface area (Å²) < 4.78 is 10.4. The van der Waals surface area contributed by atoms with Gasteiger partial charge in [-0.3, -0.25) is 0 Å². The smallest absolute Gasteiger partial charge is 0.155 e. The monoisotopic (exact) mass is 191 g/mol. The average Bonchev–Trinajstić information content (AvgIpc) is 2.69. The van der Waals surface area contributed by atoms with Gasteiger partial charge in [-0.05, 0) is 18.1 Å². The third-order valence-corrected chi connectivity index (χ3v) is 1.94. The fourth-order valence-electron chi connectivity index (χ4n) is 1.35. The molecule has 0 saturated carbocycles. The zero-order valence-corrected chi connectivity index (χ0v) is 8.36. The zero-order chi connectivity index (χ0) is 9.97. The van der Waals surface area contributed by atoms with Crippen LogP contribution >= 0.6 is 0 Å². The molecule has 74 valence electrons. The van der Waals surface area contributed by atoms with Crippen molar-refractivity contribution in [3.63, 3.8) is 0 Å². The van der Waals surface area contributed by atoms with Crippen LogP contribution in [0.2, 0.25) is 0 Å². The third-order valence-electron chi connectivity index (χ3n) is 1.94. The van der Waals surface area contributed by atoms with Crippen molar-refractivity contribution in [1.29, 1.82) is 0 Å². The quantitative estimate of drug-likeness (QED) is 0.748. The van der Waals surface area contributed by atoms with E-state index < -0.39 is 0 Å². The van der Waals surface area contributed by atoms with Gasteiger partial charge in [0.2, 0.25) is 0 Å². The summed E-state index contributed by atoms with van der Waals surface area (Å²) in [5.41, 5.74) is 0.769. The SMILES string of the molecule is CC(C)Cc1cc(-c2ccco2)no1. The minimum absolute atomic E-state index is 0.576. The van der Waals surface area contributed by atoms with Crippen molar-refractivity contribution in [1.82, 2.24) is 5.16 Å². The Morgan fingerprint density at radius 2 is 2.29 bits per heavy atom. The van der Waals surface area contributed by atoms with Gasteiger partial charge in [-0.25, -0.2) is 0 Å². The molecule has 2 aromatic heterocycles. The standard InChI is InChI=1S/C11H13NO2/c1-8(2)6-9-7-10(12-14-9)11-4-3-5-13-11/h3-5,7-8H,6H2,1-2H3. The van der Waals surface area contributed by atoms with Crippen LogP contribution in [-0.2, 0) is 6.42 Å². The van der Waals surface area contributed by atoms with Crippen LogP contribution in [0, 0.1) is 5.92 Å². The van der Waals surface area contributed by atoms with Crippen LogP contribution < -0.4 is 0 Å². The summed E-state index contributed by atoms with van der Waals surface area (Å²) >= 11 is 0. The molecule has 0 aromatic carbocycles. The number of hydrogen-bond acceptors (Lipinski definition) is 3. The van der Waals surface area contributed by atoms with Crippen LogP contribution in [0.25, 0.3) is 11.5 Å². The predicted octanol–water partition coefficient (Wildman–Crippen LogP) is 3.13. The van der Waals surface area contributed by atoms with Gasteiger partial charge in [-0.15, -0.1) is 0 Å². The third kappa shape index (κ3) is 1.87. The van der Waals surface area contributed by atoms with E-state index in [2.05, 4.69) is 19.0 Å². The summed E-state index contributed by atoms with van der Waals surface area (Å²) in [6.45, 7) is 4.30. The van der Waals surface area contributed by atoms with Crippen molar-refractivity contribution in [3.05, 3.63) is 30.2 Å². The molecule has 0 amide bonds. The first-order chi connectivity index (χ1) is 6.75. The highest BCUT2D eigenvalue weighted by Gasteiger charge is 2.09. The van der Waals surface area contributed by atoms with E-state index in [1.807, 2.05) is 18.2 Å². The van der Waals surface area contributed by atoms with Crippen molar-refractivity contribution < 1.29 is 8.94 Å². The van der Waals surface area contributed by atoms with Crippen molar-refractivity contribution in [2.24, 2.45) is 5.92 Å². The van der Waals surface area contributed by atoms with Gasteiger partial charge in [-0.2, -0.15) is 0 Å². The molecule has 2 aromatic rings. The minimum atomic E-state index is 0.576. The maximum Gasteiger partial charge on any atom is 0.155 e. The summed E-state index contributed by atoms with van der Waals surface area (Å²) in [6, 6.07) is 5.64. The molecule has 0 fully saturated rings. The summed E-state index contributed by atoms with van der Waals surface area (Å²) in [5, 5.41) is 3.94. The minimum Gasteiger partial charge on any atom is -0.463 e. The van der Waals surface area contributed by atoms with Crippen LogP contribution in [0.15, 0.2) is 33.4 Å². The van der Waals surface area contributed by atoms with Crippen LogP contribution in [0.1, 0.15) is 19.6 Å². The van der Waals surface area contributed by atoms with Gasteiger partial charge in [0, 0.05) is 12.5 Å². The van der Waals surface area contributed by atoms with E-state index >= 15 is 0 Å². The molecular weight excluding hydrogens is 178 g/mol. The fraction of sp³-hybridized carbons (Fsp3) is 0.364. The second kappa shape index (κ2) is 3.70. The summed E-state index contributed by atoms with van der Waals surface area (Å²) in [4.78, 5) is 0. The van der Waals surface area contributed by atoms with Gasteiger partial charge in [0.05, 0.1) is 6.26 Å². The zero-order valence-electron chi connectivity index (χ0n) is 8.36. The van der Waals surface area contributed by atoms with Crippen molar-refractivity contribution in [2.75, 3.05) is 0 Å². The van der Waals surface area contributed by atoms with E-state index in [4.69, 9.17) is 8.94 Å². The van der Waals surface area contributed by atoms with Gasteiger partial charge < -0.3 is 8.94 Å². The Kier molecular flexibility index (Phi) is 2.39. The molecule has 0 saturated heterocycles. The second-order valence-corrected chi connectivity index (χ2v) is 3.75. The van der Waals surface area contributed by atoms with Gasteiger partial charge in [0.1, 0.15) is 11.5 Å². The van der Waals surface area contributed by atoms with Crippen molar-refractivity contribution in [3.8, 4) is 11.5 Å². The molecule has 2 rings (SSSR count). The molecular formula is C11H13NO2. The lowest BCUT2D eigenvalue weighted by molar-refractivity contribution is 0.369. The Balaban J connectivity index is 2.18. The van der Waals surface area contributed by atoms with Crippen LogP contribution in [0.4, 0.5) is 0 Å². The topological polar surface area (TPSA) is 39.2 Å². The number of hydrogen-bond donors (Lipinski definition) is 0. The predicted molar refractivity (Wildman–Crippen MR) is 52.7 cm³/mol. The fourth-order valence-corrected chi connectivity index (χ4v) is 1.35. The Morgan fingerprint density at radius 3 is 2.93 bits per heavy atom. The highest BCUT2D eigenvalue weighted by atomic mass is 16.5. The van der Waals surface area contributed by atoms with Crippen molar-refractivity contribution >= 4 is 0 Å². The molecule has 3 heteroatoms. The van der Waals surface area contributed by atoms with E-state index in [-0.39, 0.29) is 0 Å². The van der Waals surface area contributed by atoms with Crippen LogP contribution in [0.3, 0.4) is 0 Å². The Labute approximate surface area is 82.7 Å². The molecule has 3 nitrogen and oxygen atoms in total. The normalized spacial score (nSPS) is 11.1.